The fourth-order valence-electron chi connectivity index (χ4n) is 3.53. The third-order valence-corrected chi connectivity index (χ3v) is 5.41. The molecule has 0 heterocycles. The van der Waals surface area contributed by atoms with E-state index in [9.17, 15) is 41.4 Å². The molecule has 0 aromatic heterocycles. The second kappa shape index (κ2) is 11.1. The first-order valence-electron chi connectivity index (χ1n) is 10.9. The van der Waals surface area contributed by atoms with E-state index in [1.54, 1.807) is 54.6 Å². The Balaban J connectivity index is 1.77. The summed E-state index contributed by atoms with van der Waals surface area (Å²) in [7, 11) is 0. The van der Waals surface area contributed by atoms with Gasteiger partial charge in [-0.3, -0.25) is 0 Å². The summed E-state index contributed by atoms with van der Waals surface area (Å²) in [6, 6.07) is 18.0. The molecule has 3 aromatic carbocycles. The maximum atomic E-state index is 13.1. The Hall–Kier alpha value is -3.73. The van der Waals surface area contributed by atoms with Crippen molar-refractivity contribution in [2.45, 2.75) is 36.9 Å². The van der Waals surface area contributed by atoms with E-state index in [0.29, 0.717) is 29.9 Å². The van der Waals surface area contributed by atoms with Gasteiger partial charge in [-0.25, -0.2) is 0 Å². The van der Waals surface area contributed by atoms with Gasteiger partial charge in [-0.2, -0.15) is 26.3 Å². The first kappa shape index (κ1) is 27.9. The van der Waals surface area contributed by atoms with E-state index in [1.165, 1.54) is 0 Å². The van der Waals surface area contributed by atoms with E-state index in [1.807, 2.05) is 0 Å². The maximum Gasteiger partial charge on any atom is 0.430 e. The summed E-state index contributed by atoms with van der Waals surface area (Å²) in [5, 5.41) is 20.3. The Morgan fingerprint density at radius 2 is 1.32 bits per heavy atom. The number of benzene rings is 3. The number of hydrogen-bond donors (Lipinski definition) is 1. The average Bonchev–Trinajstić information content (AvgIpc) is 2.82. The Labute approximate surface area is 207 Å². The minimum atomic E-state index is -5.99. The highest BCUT2D eigenvalue weighted by molar-refractivity contribution is 5.67. The molecule has 0 fully saturated rings. The minimum absolute atomic E-state index is 0.0377. The molecule has 5 nitrogen and oxygen atoms in total. The first-order valence-corrected chi connectivity index (χ1v) is 10.9. The number of alkyl halides is 6. The minimum Gasteiger partial charge on any atom is -0.550 e. The fourth-order valence-corrected chi connectivity index (χ4v) is 3.53. The molecular formula is C26H21F6O5-. The number of carbonyl (C=O) groups is 1. The highest BCUT2D eigenvalue weighted by Gasteiger charge is 2.71. The van der Waals surface area contributed by atoms with Crippen LogP contribution in [-0.2, 0) is 23.2 Å². The molecule has 3 rings (SSSR count). The van der Waals surface area contributed by atoms with Crippen molar-refractivity contribution in [1.29, 1.82) is 0 Å². The molecule has 37 heavy (non-hydrogen) atoms. The molecule has 0 aliphatic rings. The number of halogens is 6. The van der Waals surface area contributed by atoms with Crippen LogP contribution < -0.4 is 14.6 Å². The second-order valence-electron chi connectivity index (χ2n) is 8.16. The van der Waals surface area contributed by atoms with E-state index in [0.717, 1.165) is 17.7 Å². The van der Waals surface area contributed by atoms with Gasteiger partial charge in [0.1, 0.15) is 24.2 Å². The van der Waals surface area contributed by atoms with Crippen LogP contribution in [0.15, 0.2) is 78.9 Å². The van der Waals surface area contributed by atoms with Gasteiger partial charge in [-0.1, -0.05) is 54.6 Å². The van der Waals surface area contributed by atoms with E-state index < -0.39 is 35.6 Å². The van der Waals surface area contributed by atoms with Gasteiger partial charge in [0.15, 0.2) is 0 Å². The molecule has 11 heteroatoms. The van der Waals surface area contributed by atoms with Crippen molar-refractivity contribution in [2.75, 3.05) is 6.61 Å². The van der Waals surface area contributed by atoms with E-state index >= 15 is 0 Å². The Morgan fingerprint density at radius 3 is 1.84 bits per heavy atom. The van der Waals surface area contributed by atoms with Gasteiger partial charge in [0.2, 0.25) is 0 Å². The average molecular weight is 527 g/mol. The lowest BCUT2D eigenvalue weighted by atomic mass is 9.92. The summed E-state index contributed by atoms with van der Waals surface area (Å²) in [5.74, 6) is -0.885. The molecule has 1 atom stereocenters. The molecule has 0 aliphatic carbocycles. The van der Waals surface area contributed by atoms with Crippen LogP contribution in [0.25, 0.3) is 0 Å². The lowest BCUT2D eigenvalue weighted by Crippen LogP contribution is -2.53. The van der Waals surface area contributed by atoms with Gasteiger partial charge >= 0.3 is 12.4 Å². The Bertz CT molecular complexity index is 1150. The summed E-state index contributed by atoms with van der Waals surface area (Å²) >= 11 is 0. The number of ether oxygens (including phenoxy) is 2. The third-order valence-electron chi connectivity index (χ3n) is 5.41. The molecule has 3 aromatic rings. The third kappa shape index (κ3) is 6.94. The largest absolute Gasteiger partial charge is 0.550 e. The van der Waals surface area contributed by atoms with Crippen molar-refractivity contribution in [3.63, 3.8) is 0 Å². The van der Waals surface area contributed by atoms with Gasteiger partial charge in [0.25, 0.3) is 5.60 Å². The zero-order valence-electron chi connectivity index (χ0n) is 19.1. The van der Waals surface area contributed by atoms with Gasteiger partial charge in [0.05, 0.1) is 0 Å². The standard InChI is InChI=1S/C26H22F6O5/c27-25(28,29)24(35,26(30,31)32)19-8-12-21(13-9-19)37-22(14-17-4-2-1-3-5-17)16-36-20-10-6-18(7-11-20)15-23(33)34/h1-13,22,35H,14-16H2,(H,33,34)/p-1/t22-/m0/s1. The monoisotopic (exact) mass is 527 g/mol. The van der Waals surface area contributed by atoms with Crippen LogP contribution in [0, 0.1) is 0 Å². The van der Waals surface area contributed by atoms with Gasteiger partial charge < -0.3 is 24.5 Å². The molecule has 198 valence electrons. The molecular weight excluding hydrogens is 506 g/mol. The number of aliphatic hydroxyl groups is 1. The number of hydrogen-bond acceptors (Lipinski definition) is 5. The van der Waals surface area contributed by atoms with Crippen LogP contribution in [0.1, 0.15) is 16.7 Å². The summed E-state index contributed by atoms with van der Waals surface area (Å²) < 4.78 is 90.3. The predicted molar refractivity (Wildman–Crippen MR) is 118 cm³/mol. The van der Waals surface area contributed by atoms with Crippen LogP contribution in [0.5, 0.6) is 11.5 Å². The van der Waals surface area contributed by atoms with E-state index in [4.69, 9.17) is 9.47 Å². The molecule has 1 N–H and O–H groups in total. The highest BCUT2D eigenvalue weighted by Crippen LogP contribution is 2.50. The SMILES string of the molecule is O=C([O-])Cc1ccc(OC[C@H](Cc2ccccc2)Oc2ccc(C(O)(C(F)(F)F)C(F)(F)F)cc2)cc1. The number of aliphatic carboxylic acids is 1. The van der Waals surface area contributed by atoms with Crippen LogP contribution in [0.2, 0.25) is 0 Å². The van der Waals surface area contributed by atoms with Crippen LogP contribution in [0.3, 0.4) is 0 Å². The zero-order chi connectivity index (χ0) is 27.3. The highest BCUT2D eigenvalue weighted by atomic mass is 19.4. The van der Waals surface area contributed by atoms with Crippen molar-refractivity contribution in [2.24, 2.45) is 0 Å². The first-order chi connectivity index (χ1) is 17.3. The Morgan fingerprint density at radius 1 is 0.784 bits per heavy atom. The molecule has 0 saturated heterocycles. The summed E-state index contributed by atoms with van der Waals surface area (Å²) in [6.45, 7) is -0.0501. The number of carbonyl (C=O) groups excluding carboxylic acids is 1. The Kier molecular flexibility index (Phi) is 8.37. The van der Waals surface area contributed by atoms with Crippen LogP contribution in [-0.4, -0.2) is 36.1 Å². The lowest BCUT2D eigenvalue weighted by molar-refractivity contribution is -0.376. The van der Waals surface area contributed by atoms with Crippen molar-refractivity contribution in [1.82, 2.24) is 0 Å². The molecule has 0 aliphatic heterocycles. The molecule has 0 amide bonds. The van der Waals surface area contributed by atoms with Crippen molar-refractivity contribution in [3.05, 3.63) is 95.6 Å². The molecule has 0 radical (unpaired) electrons. The summed E-state index contributed by atoms with van der Waals surface area (Å²) in [4.78, 5) is 10.7. The van der Waals surface area contributed by atoms with Crippen molar-refractivity contribution < 1.29 is 50.8 Å². The van der Waals surface area contributed by atoms with Crippen molar-refractivity contribution in [3.8, 4) is 11.5 Å². The number of carboxylic acid groups (broad SMARTS) is 1. The maximum absolute atomic E-state index is 13.1. The summed E-state index contributed by atoms with van der Waals surface area (Å²) in [6.07, 6.45) is -12.7. The normalized spacial score (nSPS) is 13.2. The second-order valence-corrected chi connectivity index (χ2v) is 8.16. The predicted octanol–water partition coefficient (Wildman–Crippen LogP) is 4.36. The topological polar surface area (TPSA) is 78.8 Å². The number of carboxylic acids is 1. The molecule has 0 spiro atoms. The van der Waals surface area contributed by atoms with Gasteiger partial charge in [0, 0.05) is 24.4 Å². The summed E-state index contributed by atoms with van der Waals surface area (Å²) in [5.41, 5.74) is -5.09. The van der Waals surface area contributed by atoms with Crippen LogP contribution in [0.4, 0.5) is 26.3 Å². The fraction of sp³-hybridized carbons (Fsp3) is 0.269. The molecule has 0 unspecified atom stereocenters. The lowest BCUT2D eigenvalue weighted by Gasteiger charge is -2.32. The van der Waals surface area contributed by atoms with E-state index in [-0.39, 0.29) is 18.8 Å². The van der Waals surface area contributed by atoms with E-state index in [2.05, 4.69) is 0 Å². The molecule has 0 saturated carbocycles. The molecule has 0 bridgehead atoms. The smallest absolute Gasteiger partial charge is 0.430 e. The number of rotatable bonds is 10. The van der Waals surface area contributed by atoms with Crippen molar-refractivity contribution >= 4 is 5.97 Å². The zero-order valence-corrected chi connectivity index (χ0v) is 19.1. The quantitative estimate of drug-likeness (QED) is 0.397. The van der Waals surface area contributed by atoms with Gasteiger partial charge in [-0.05, 0) is 35.4 Å². The van der Waals surface area contributed by atoms with Gasteiger partial charge in [-0.15, -0.1) is 0 Å². The van der Waals surface area contributed by atoms with Crippen LogP contribution >= 0.6 is 0 Å².